The number of halogens is 1. The van der Waals surface area contributed by atoms with Gasteiger partial charge in [0.15, 0.2) is 0 Å². The molecule has 0 amide bonds. The maximum absolute atomic E-state index is 11.3. The summed E-state index contributed by atoms with van der Waals surface area (Å²) in [7, 11) is 1.62. The molecular weight excluding hydrogens is 306 g/mol. The molecule has 5 nitrogen and oxygen atoms in total. The molecule has 0 saturated heterocycles. The predicted molar refractivity (Wildman–Crippen MR) is 80.8 cm³/mol. The van der Waals surface area contributed by atoms with Crippen molar-refractivity contribution in [3.05, 3.63) is 40.6 Å². The van der Waals surface area contributed by atoms with Crippen molar-refractivity contribution in [1.29, 1.82) is 0 Å². The number of methoxy groups -OCH3 is 1. The van der Waals surface area contributed by atoms with Crippen LogP contribution < -0.4 is 0 Å². The van der Waals surface area contributed by atoms with Gasteiger partial charge >= 0.3 is 5.97 Å². The Morgan fingerprint density at radius 1 is 1.36 bits per heavy atom. The number of benzene rings is 1. The fourth-order valence-corrected chi connectivity index (χ4v) is 3.02. The molecule has 22 heavy (non-hydrogen) atoms. The third-order valence-electron chi connectivity index (χ3n) is 4.09. The number of carboxylic acids is 1. The lowest BCUT2D eigenvalue weighted by Crippen LogP contribution is -2.15. The number of ether oxygens (including phenoxy) is 1. The van der Waals surface area contributed by atoms with Crippen LogP contribution in [0.4, 0.5) is 0 Å². The minimum Gasteiger partial charge on any atom is -0.481 e. The average Bonchev–Trinajstić information content (AvgIpc) is 2.82. The molecule has 0 saturated carbocycles. The summed E-state index contributed by atoms with van der Waals surface area (Å²) < 4.78 is 11.0. The van der Waals surface area contributed by atoms with Crippen molar-refractivity contribution < 1.29 is 19.2 Å². The van der Waals surface area contributed by atoms with Crippen LogP contribution in [-0.2, 0) is 16.0 Å². The van der Waals surface area contributed by atoms with Crippen LogP contribution in [-0.4, -0.2) is 23.3 Å². The number of hydrogen-bond donors (Lipinski definition) is 1. The van der Waals surface area contributed by atoms with Crippen LogP contribution in [0.5, 0.6) is 0 Å². The molecule has 1 aromatic carbocycles. The van der Waals surface area contributed by atoms with Crippen molar-refractivity contribution in [3.63, 3.8) is 0 Å². The van der Waals surface area contributed by atoms with Crippen molar-refractivity contribution in [2.24, 2.45) is 5.92 Å². The molecule has 116 valence electrons. The van der Waals surface area contributed by atoms with Crippen molar-refractivity contribution in [2.45, 2.75) is 25.4 Å². The Kier molecular flexibility index (Phi) is 4.18. The van der Waals surface area contributed by atoms with Gasteiger partial charge in [0.2, 0.25) is 0 Å². The second kappa shape index (κ2) is 6.10. The van der Waals surface area contributed by atoms with E-state index in [1.807, 2.05) is 12.1 Å². The highest BCUT2D eigenvalue weighted by Crippen LogP contribution is 2.39. The number of carbonyl (C=O) groups is 1. The van der Waals surface area contributed by atoms with Crippen molar-refractivity contribution in [1.82, 2.24) is 5.16 Å². The molecule has 6 heteroatoms. The monoisotopic (exact) mass is 321 g/mol. The minimum absolute atomic E-state index is 0.212. The quantitative estimate of drug-likeness (QED) is 0.872. The summed E-state index contributed by atoms with van der Waals surface area (Å²) in [6.45, 7) is 0. The molecule has 1 aliphatic carbocycles. The van der Waals surface area contributed by atoms with E-state index in [0.717, 1.165) is 11.1 Å². The minimum atomic E-state index is -0.813. The summed E-state index contributed by atoms with van der Waals surface area (Å²) in [5, 5.41) is 14.1. The first-order valence-corrected chi connectivity index (χ1v) is 7.48. The molecular formula is C16H16ClNO4. The van der Waals surface area contributed by atoms with E-state index in [0.29, 0.717) is 35.7 Å². The molecule has 0 radical (unpaired) electrons. The topological polar surface area (TPSA) is 72.6 Å². The zero-order valence-electron chi connectivity index (χ0n) is 12.1. The summed E-state index contributed by atoms with van der Waals surface area (Å²) in [5.74, 6) is -0.682. The molecule has 1 N–H and O–H groups in total. The summed E-state index contributed by atoms with van der Waals surface area (Å²) in [6.07, 6.45) is 1.31. The van der Waals surface area contributed by atoms with Gasteiger partial charge in [-0.05, 0) is 25.0 Å². The van der Waals surface area contributed by atoms with Gasteiger partial charge < -0.3 is 14.4 Å². The first-order chi connectivity index (χ1) is 10.6. The fourth-order valence-electron chi connectivity index (χ4n) is 2.90. The summed E-state index contributed by atoms with van der Waals surface area (Å²) >= 11 is 5.92. The Hall–Kier alpha value is -1.85. The van der Waals surface area contributed by atoms with Crippen LogP contribution in [0, 0.1) is 5.92 Å². The van der Waals surface area contributed by atoms with Gasteiger partial charge in [0.25, 0.3) is 0 Å². The van der Waals surface area contributed by atoms with Gasteiger partial charge in [-0.15, -0.1) is 0 Å². The van der Waals surface area contributed by atoms with Gasteiger partial charge in [-0.25, -0.2) is 0 Å². The zero-order valence-corrected chi connectivity index (χ0v) is 12.8. The van der Waals surface area contributed by atoms with E-state index in [1.165, 1.54) is 0 Å². The lowest BCUT2D eigenvalue weighted by molar-refractivity contribution is -0.142. The molecule has 1 heterocycles. The Bertz CT molecular complexity index is 680. The van der Waals surface area contributed by atoms with Crippen LogP contribution in [0.1, 0.15) is 30.3 Å². The van der Waals surface area contributed by atoms with Gasteiger partial charge in [-0.1, -0.05) is 28.9 Å². The van der Waals surface area contributed by atoms with Gasteiger partial charge in [-0.2, -0.15) is 0 Å². The second-order valence-electron chi connectivity index (χ2n) is 5.42. The molecule has 0 fully saturated rings. The van der Waals surface area contributed by atoms with Gasteiger partial charge in [-0.3, -0.25) is 4.79 Å². The van der Waals surface area contributed by atoms with E-state index in [2.05, 4.69) is 5.16 Å². The molecule has 0 spiro atoms. The SMILES string of the molecule is CO[C@@H]1CC[C@H](C(=O)O)Cc2onc(-c3ccc(Cl)cc3)c21. The normalized spacial score (nSPS) is 21.2. The first kappa shape index (κ1) is 15.1. The van der Waals surface area contributed by atoms with Gasteiger partial charge in [0.1, 0.15) is 11.5 Å². The highest BCUT2D eigenvalue weighted by molar-refractivity contribution is 6.30. The lowest BCUT2D eigenvalue weighted by Gasteiger charge is -2.14. The average molecular weight is 322 g/mol. The molecule has 0 unspecified atom stereocenters. The summed E-state index contributed by atoms with van der Waals surface area (Å²) in [5.41, 5.74) is 2.43. The predicted octanol–water partition coefficient (Wildman–Crippen LogP) is 3.72. The number of hydrogen-bond acceptors (Lipinski definition) is 4. The molecule has 0 aliphatic heterocycles. The van der Waals surface area contributed by atoms with E-state index in [9.17, 15) is 9.90 Å². The number of aliphatic carboxylic acids is 1. The number of fused-ring (bicyclic) bond motifs is 1. The van der Waals surface area contributed by atoms with Gasteiger partial charge in [0, 0.05) is 24.1 Å². The fraction of sp³-hybridized carbons (Fsp3) is 0.375. The van der Waals surface area contributed by atoms with Crippen LogP contribution in [0.25, 0.3) is 11.3 Å². The van der Waals surface area contributed by atoms with E-state index in [4.69, 9.17) is 20.9 Å². The molecule has 1 aliphatic rings. The van der Waals surface area contributed by atoms with Crippen LogP contribution in [0.15, 0.2) is 28.8 Å². The molecule has 3 rings (SSSR count). The molecule has 1 aromatic heterocycles. The number of rotatable bonds is 3. The van der Waals surface area contributed by atoms with E-state index >= 15 is 0 Å². The largest absolute Gasteiger partial charge is 0.481 e. The number of nitrogens with zero attached hydrogens (tertiary/aromatic N) is 1. The standard InChI is InChI=1S/C16H16ClNO4/c1-21-12-7-4-10(16(19)20)8-13-14(12)15(18-22-13)9-2-5-11(17)6-3-9/h2-3,5-6,10,12H,4,7-8H2,1H3,(H,19,20)/t10-,12+/m0/s1. The van der Waals surface area contributed by atoms with E-state index < -0.39 is 11.9 Å². The van der Waals surface area contributed by atoms with Gasteiger partial charge in [0.05, 0.1) is 17.6 Å². The maximum Gasteiger partial charge on any atom is 0.306 e. The van der Waals surface area contributed by atoms with E-state index in [1.54, 1.807) is 19.2 Å². The van der Waals surface area contributed by atoms with E-state index in [-0.39, 0.29) is 6.10 Å². The van der Waals surface area contributed by atoms with Crippen molar-refractivity contribution in [3.8, 4) is 11.3 Å². The first-order valence-electron chi connectivity index (χ1n) is 7.10. The summed E-state index contributed by atoms with van der Waals surface area (Å²) in [6, 6.07) is 7.31. The van der Waals surface area contributed by atoms with Crippen molar-refractivity contribution in [2.75, 3.05) is 7.11 Å². The highest BCUT2D eigenvalue weighted by atomic mass is 35.5. The smallest absolute Gasteiger partial charge is 0.306 e. The van der Waals surface area contributed by atoms with Crippen LogP contribution in [0.2, 0.25) is 5.02 Å². The third kappa shape index (κ3) is 2.74. The number of carboxylic acid groups (broad SMARTS) is 1. The Labute approximate surface area is 132 Å². The maximum atomic E-state index is 11.3. The Morgan fingerprint density at radius 2 is 2.09 bits per heavy atom. The second-order valence-corrected chi connectivity index (χ2v) is 5.85. The molecule has 0 bridgehead atoms. The Morgan fingerprint density at radius 3 is 2.73 bits per heavy atom. The molecule has 2 aromatic rings. The Balaban J connectivity index is 2.05. The van der Waals surface area contributed by atoms with Crippen LogP contribution >= 0.6 is 11.6 Å². The lowest BCUT2D eigenvalue weighted by atomic mass is 10.0. The zero-order chi connectivity index (χ0) is 15.7. The molecule has 2 atom stereocenters. The summed E-state index contributed by atoms with van der Waals surface area (Å²) in [4.78, 5) is 11.3. The van der Waals surface area contributed by atoms with Crippen molar-refractivity contribution >= 4 is 17.6 Å². The number of aromatic nitrogens is 1. The third-order valence-corrected chi connectivity index (χ3v) is 4.34. The highest BCUT2D eigenvalue weighted by Gasteiger charge is 2.33. The van der Waals surface area contributed by atoms with Crippen LogP contribution in [0.3, 0.4) is 0 Å².